The lowest BCUT2D eigenvalue weighted by atomic mass is 10.1. The molecule has 0 spiro atoms. The highest BCUT2D eigenvalue weighted by atomic mass is 16.5. The standard InChI is InChI=1S/C16H25N3O4/c1-7-23-15(22)13-9(2)12(10(3)18-13)14(21)17-8-11(20)19-16(4,5)6/h18H,7-8H2,1-6H3,(H,17,21)(H,19,20). The van der Waals surface area contributed by atoms with Gasteiger partial charge in [0.15, 0.2) is 0 Å². The monoisotopic (exact) mass is 323 g/mol. The van der Waals surface area contributed by atoms with Crippen LogP contribution in [0, 0.1) is 13.8 Å². The van der Waals surface area contributed by atoms with E-state index >= 15 is 0 Å². The Balaban J connectivity index is 2.81. The maximum Gasteiger partial charge on any atom is 0.355 e. The van der Waals surface area contributed by atoms with Crippen molar-refractivity contribution in [2.75, 3.05) is 13.2 Å². The number of aromatic nitrogens is 1. The highest BCUT2D eigenvalue weighted by Crippen LogP contribution is 2.18. The third-order valence-electron chi connectivity index (χ3n) is 3.07. The molecule has 1 aromatic rings. The fourth-order valence-electron chi connectivity index (χ4n) is 2.21. The average molecular weight is 323 g/mol. The Kier molecular flexibility index (Phi) is 5.95. The summed E-state index contributed by atoms with van der Waals surface area (Å²) in [7, 11) is 0. The number of nitrogens with one attached hydrogen (secondary N) is 3. The van der Waals surface area contributed by atoms with Gasteiger partial charge < -0.3 is 20.4 Å². The van der Waals surface area contributed by atoms with Crippen molar-refractivity contribution in [1.82, 2.24) is 15.6 Å². The first-order valence-electron chi connectivity index (χ1n) is 7.52. The molecule has 0 radical (unpaired) electrons. The van der Waals surface area contributed by atoms with Gasteiger partial charge in [0.05, 0.1) is 18.7 Å². The molecule has 0 aromatic carbocycles. The van der Waals surface area contributed by atoms with Gasteiger partial charge in [0.25, 0.3) is 5.91 Å². The van der Waals surface area contributed by atoms with Crippen molar-refractivity contribution in [3.8, 4) is 0 Å². The minimum absolute atomic E-state index is 0.130. The highest BCUT2D eigenvalue weighted by molar-refractivity contribution is 6.02. The van der Waals surface area contributed by atoms with Gasteiger partial charge in [-0.05, 0) is 47.1 Å². The lowest BCUT2D eigenvalue weighted by molar-refractivity contribution is -0.121. The molecule has 0 bridgehead atoms. The molecule has 0 fully saturated rings. The second-order valence-electron chi connectivity index (χ2n) is 6.33. The zero-order valence-corrected chi connectivity index (χ0v) is 14.5. The van der Waals surface area contributed by atoms with Gasteiger partial charge in [-0.2, -0.15) is 0 Å². The predicted octanol–water partition coefficient (Wildman–Crippen LogP) is 1.45. The summed E-state index contributed by atoms with van der Waals surface area (Å²) in [4.78, 5) is 38.7. The van der Waals surface area contributed by atoms with Crippen LogP contribution >= 0.6 is 0 Å². The van der Waals surface area contributed by atoms with Crippen molar-refractivity contribution in [3.63, 3.8) is 0 Å². The van der Waals surface area contributed by atoms with Crippen molar-refractivity contribution < 1.29 is 19.1 Å². The van der Waals surface area contributed by atoms with E-state index < -0.39 is 11.9 Å². The molecule has 0 aliphatic rings. The van der Waals surface area contributed by atoms with E-state index in [-0.39, 0.29) is 30.3 Å². The van der Waals surface area contributed by atoms with E-state index in [0.717, 1.165) is 0 Å². The number of hydrogen-bond donors (Lipinski definition) is 3. The first-order valence-corrected chi connectivity index (χ1v) is 7.52. The van der Waals surface area contributed by atoms with Crippen LogP contribution < -0.4 is 10.6 Å². The molecule has 0 aliphatic heterocycles. The number of esters is 1. The maximum atomic E-state index is 12.3. The molecular weight excluding hydrogens is 298 g/mol. The molecule has 1 heterocycles. The molecule has 1 aromatic heterocycles. The summed E-state index contributed by atoms with van der Waals surface area (Å²) in [5, 5.41) is 5.32. The van der Waals surface area contributed by atoms with Crippen molar-refractivity contribution in [2.45, 2.75) is 47.1 Å². The minimum atomic E-state index is -0.502. The van der Waals surface area contributed by atoms with Gasteiger partial charge in [0.2, 0.25) is 5.91 Å². The zero-order valence-electron chi connectivity index (χ0n) is 14.5. The van der Waals surface area contributed by atoms with Crippen LogP contribution in [0.2, 0.25) is 0 Å². The first kappa shape index (κ1) is 18.7. The van der Waals surface area contributed by atoms with Gasteiger partial charge >= 0.3 is 5.97 Å². The van der Waals surface area contributed by atoms with Crippen LogP contribution in [-0.2, 0) is 9.53 Å². The Morgan fingerprint density at radius 2 is 1.78 bits per heavy atom. The largest absolute Gasteiger partial charge is 0.461 e. The number of amides is 2. The van der Waals surface area contributed by atoms with E-state index in [9.17, 15) is 14.4 Å². The number of aryl methyl sites for hydroxylation is 1. The quantitative estimate of drug-likeness (QED) is 0.714. The number of aromatic amines is 1. The van der Waals surface area contributed by atoms with E-state index in [2.05, 4.69) is 15.6 Å². The summed E-state index contributed by atoms with van der Waals surface area (Å²) in [6, 6.07) is 0. The number of ether oxygens (including phenoxy) is 1. The molecule has 128 valence electrons. The van der Waals surface area contributed by atoms with Gasteiger partial charge in [0.1, 0.15) is 5.69 Å². The van der Waals surface area contributed by atoms with Gasteiger partial charge in [-0.15, -0.1) is 0 Å². The summed E-state index contributed by atoms with van der Waals surface area (Å²) < 4.78 is 4.94. The Morgan fingerprint density at radius 1 is 1.17 bits per heavy atom. The summed E-state index contributed by atoms with van der Waals surface area (Å²) in [5.74, 6) is -1.18. The number of carbonyl (C=O) groups excluding carboxylic acids is 3. The number of rotatable bonds is 5. The molecule has 0 atom stereocenters. The highest BCUT2D eigenvalue weighted by Gasteiger charge is 2.23. The average Bonchev–Trinajstić information content (AvgIpc) is 2.70. The molecular formula is C16H25N3O4. The van der Waals surface area contributed by atoms with Crippen LogP contribution in [0.5, 0.6) is 0 Å². The summed E-state index contributed by atoms with van der Waals surface area (Å²) in [6.45, 7) is 10.8. The van der Waals surface area contributed by atoms with Crippen molar-refractivity contribution in [3.05, 3.63) is 22.5 Å². The molecule has 3 N–H and O–H groups in total. The molecule has 0 aliphatic carbocycles. The van der Waals surface area contributed by atoms with Crippen molar-refractivity contribution in [1.29, 1.82) is 0 Å². The van der Waals surface area contributed by atoms with E-state index in [1.807, 2.05) is 20.8 Å². The smallest absolute Gasteiger partial charge is 0.355 e. The summed E-state index contributed by atoms with van der Waals surface area (Å²) in [5.41, 5.74) is 1.32. The molecule has 7 nitrogen and oxygen atoms in total. The van der Waals surface area contributed by atoms with Crippen LogP contribution in [0.1, 0.15) is 59.8 Å². The fraction of sp³-hybridized carbons (Fsp3) is 0.562. The van der Waals surface area contributed by atoms with Crippen LogP contribution in [0.15, 0.2) is 0 Å². The third kappa shape index (κ3) is 5.12. The van der Waals surface area contributed by atoms with E-state index in [1.54, 1.807) is 20.8 Å². The third-order valence-corrected chi connectivity index (χ3v) is 3.07. The summed E-state index contributed by atoms with van der Waals surface area (Å²) in [6.07, 6.45) is 0. The number of hydrogen-bond acceptors (Lipinski definition) is 4. The van der Waals surface area contributed by atoms with Gasteiger partial charge in [-0.3, -0.25) is 9.59 Å². The second-order valence-corrected chi connectivity index (χ2v) is 6.33. The Bertz CT molecular complexity index is 612. The molecule has 0 saturated carbocycles. The second kappa shape index (κ2) is 7.30. The molecule has 23 heavy (non-hydrogen) atoms. The van der Waals surface area contributed by atoms with E-state index in [4.69, 9.17) is 4.74 Å². The Labute approximate surface area is 136 Å². The molecule has 0 unspecified atom stereocenters. The molecule has 0 saturated heterocycles. The maximum absolute atomic E-state index is 12.3. The summed E-state index contributed by atoms with van der Waals surface area (Å²) >= 11 is 0. The predicted molar refractivity (Wildman–Crippen MR) is 86.5 cm³/mol. The van der Waals surface area contributed by atoms with Gasteiger partial charge in [-0.1, -0.05) is 0 Å². The van der Waals surface area contributed by atoms with Gasteiger partial charge in [-0.25, -0.2) is 4.79 Å². The fourth-order valence-corrected chi connectivity index (χ4v) is 2.21. The Hall–Kier alpha value is -2.31. The topological polar surface area (TPSA) is 100 Å². The van der Waals surface area contributed by atoms with E-state index in [0.29, 0.717) is 16.8 Å². The lowest BCUT2D eigenvalue weighted by Gasteiger charge is -2.20. The lowest BCUT2D eigenvalue weighted by Crippen LogP contribution is -2.45. The first-order chi connectivity index (χ1) is 10.6. The zero-order chi connectivity index (χ0) is 17.8. The van der Waals surface area contributed by atoms with Crippen molar-refractivity contribution in [2.24, 2.45) is 0 Å². The minimum Gasteiger partial charge on any atom is -0.461 e. The van der Waals surface area contributed by atoms with Crippen LogP contribution in [-0.4, -0.2) is 41.5 Å². The molecule has 1 rings (SSSR count). The molecule has 7 heteroatoms. The number of H-pyrrole nitrogens is 1. The number of carbonyl (C=O) groups is 3. The van der Waals surface area contributed by atoms with Gasteiger partial charge in [0, 0.05) is 11.2 Å². The van der Waals surface area contributed by atoms with Crippen LogP contribution in [0.4, 0.5) is 0 Å². The van der Waals surface area contributed by atoms with E-state index in [1.165, 1.54) is 0 Å². The Morgan fingerprint density at radius 3 is 2.30 bits per heavy atom. The normalized spacial score (nSPS) is 11.0. The SMILES string of the molecule is CCOC(=O)c1[nH]c(C)c(C(=O)NCC(=O)NC(C)(C)C)c1C. The van der Waals surface area contributed by atoms with Crippen molar-refractivity contribution >= 4 is 17.8 Å². The van der Waals surface area contributed by atoms with Crippen LogP contribution in [0.3, 0.4) is 0 Å². The molecule has 2 amide bonds. The van der Waals surface area contributed by atoms with Crippen LogP contribution in [0.25, 0.3) is 0 Å².